The first-order valence-electron chi connectivity index (χ1n) is 14.7. The van der Waals surface area contributed by atoms with Crippen molar-refractivity contribution in [2.45, 2.75) is 140 Å². The van der Waals surface area contributed by atoms with E-state index in [4.69, 9.17) is 0 Å². The van der Waals surface area contributed by atoms with Crippen molar-refractivity contribution in [2.75, 3.05) is 0 Å². The van der Waals surface area contributed by atoms with Gasteiger partial charge in [0.15, 0.2) is 0 Å². The lowest BCUT2D eigenvalue weighted by Crippen LogP contribution is -2.41. The van der Waals surface area contributed by atoms with E-state index in [2.05, 4.69) is 47.6 Å². The van der Waals surface area contributed by atoms with Gasteiger partial charge in [0.25, 0.3) is 0 Å². The number of allylic oxidation sites excluding steroid dienone is 4. The molecule has 6 unspecified atom stereocenters. The van der Waals surface area contributed by atoms with Crippen molar-refractivity contribution in [1.29, 1.82) is 0 Å². The van der Waals surface area contributed by atoms with Crippen molar-refractivity contribution in [3.05, 3.63) is 22.8 Å². The van der Waals surface area contributed by atoms with E-state index >= 15 is 0 Å². The van der Waals surface area contributed by atoms with Gasteiger partial charge in [-0.3, -0.25) is 0 Å². The fraction of sp³-hybridized carbons (Fsp3) is 0.875. The van der Waals surface area contributed by atoms with Gasteiger partial charge in [0, 0.05) is 5.41 Å². The topological polar surface area (TPSA) is 0 Å². The highest BCUT2D eigenvalue weighted by Crippen LogP contribution is 2.65. The molecule has 2 fully saturated rings. The summed E-state index contributed by atoms with van der Waals surface area (Å²) in [6, 6.07) is 0. The Kier molecular flexibility index (Phi) is 10.2. The molecule has 0 N–H and O–H groups in total. The average molecular weight is 443 g/mol. The molecule has 0 saturated heterocycles. The van der Waals surface area contributed by atoms with Crippen LogP contribution in [0.5, 0.6) is 0 Å². The highest BCUT2D eigenvalue weighted by atomic mass is 14.6. The molecule has 0 bridgehead atoms. The summed E-state index contributed by atoms with van der Waals surface area (Å²) in [7, 11) is 0. The molecule has 0 aromatic carbocycles. The van der Waals surface area contributed by atoms with Crippen LogP contribution in [0.2, 0.25) is 0 Å². The lowest BCUT2D eigenvalue weighted by atomic mass is 9.53. The number of rotatable bonds is 5. The van der Waals surface area contributed by atoms with Gasteiger partial charge in [-0.05, 0) is 86.4 Å². The van der Waals surface area contributed by atoms with Crippen molar-refractivity contribution in [3.63, 3.8) is 0 Å². The monoisotopic (exact) mass is 442 g/mol. The Bertz CT molecular complexity index is 649. The van der Waals surface area contributed by atoms with Gasteiger partial charge in [-0.25, -0.2) is 0 Å². The van der Waals surface area contributed by atoms with Crippen molar-refractivity contribution in [3.8, 4) is 0 Å². The van der Waals surface area contributed by atoms with E-state index in [9.17, 15) is 0 Å². The third kappa shape index (κ3) is 5.25. The van der Waals surface area contributed by atoms with E-state index in [-0.39, 0.29) is 0 Å². The Hall–Kier alpha value is -0.520. The second-order valence-corrected chi connectivity index (χ2v) is 12.2. The first kappa shape index (κ1) is 27.7. The van der Waals surface area contributed by atoms with Gasteiger partial charge in [0.2, 0.25) is 0 Å². The molecule has 4 aliphatic rings. The largest absolute Gasteiger partial charge is 0.0804 e. The fourth-order valence-corrected chi connectivity index (χ4v) is 8.13. The minimum absolute atomic E-state index is 0.433. The second kappa shape index (κ2) is 11.8. The van der Waals surface area contributed by atoms with E-state index < -0.39 is 0 Å². The number of hydrogen-bond acceptors (Lipinski definition) is 0. The predicted octanol–water partition coefficient (Wildman–Crippen LogP) is 10.8. The van der Waals surface area contributed by atoms with Crippen LogP contribution in [0.25, 0.3) is 0 Å². The Labute approximate surface area is 203 Å². The van der Waals surface area contributed by atoms with E-state index in [1.165, 1.54) is 70.6 Å². The molecule has 0 aliphatic heterocycles. The van der Waals surface area contributed by atoms with Crippen molar-refractivity contribution in [1.82, 2.24) is 0 Å². The third-order valence-corrected chi connectivity index (χ3v) is 9.91. The van der Waals surface area contributed by atoms with Gasteiger partial charge >= 0.3 is 0 Å². The maximum Gasteiger partial charge on any atom is 0.00954 e. The Morgan fingerprint density at radius 1 is 0.938 bits per heavy atom. The van der Waals surface area contributed by atoms with Crippen LogP contribution in [-0.4, -0.2) is 0 Å². The van der Waals surface area contributed by atoms with E-state index in [1.54, 1.807) is 0 Å². The lowest BCUT2D eigenvalue weighted by molar-refractivity contribution is 0.0946. The summed E-state index contributed by atoms with van der Waals surface area (Å²) in [6.07, 6.45) is 18.3. The number of hydrogen-bond donors (Lipinski definition) is 0. The normalized spacial score (nSPS) is 36.6. The zero-order chi connectivity index (χ0) is 24.1. The maximum atomic E-state index is 2.70. The highest BCUT2D eigenvalue weighted by Gasteiger charge is 2.54. The molecule has 32 heavy (non-hydrogen) atoms. The van der Waals surface area contributed by atoms with Crippen LogP contribution in [-0.2, 0) is 0 Å². The summed E-state index contributed by atoms with van der Waals surface area (Å²) in [5.41, 5.74) is 6.67. The summed E-state index contributed by atoms with van der Waals surface area (Å²) >= 11 is 0. The first-order valence-corrected chi connectivity index (χ1v) is 14.7. The van der Waals surface area contributed by atoms with Crippen LogP contribution in [0.15, 0.2) is 22.8 Å². The van der Waals surface area contributed by atoms with Gasteiger partial charge in [-0.2, -0.15) is 0 Å². The van der Waals surface area contributed by atoms with Gasteiger partial charge in [-0.15, -0.1) is 0 Å². The standard InChI is InChI=1S/C28H46.2C2H6/c1-19(2)8-7-9-21(4)24-12-13-25-23-11-10-22-18-20(3)14-16-27(22,5)26(23)15-17-28(24,25)6;2*1-2/h10,19-21,24-25H,7-9,11-18H2,1-6H3;2*1-2H3. The average Bonchev–Trinajstić information content (AvgIpc) is 3.14. The third-order valence-electron chi connectivity index (χ3n) is 9.91. The van der Waals surface area contributed by atoms with E-state index in [0.29, 0.717) is 10.8 Å². The van der Waals surface area contributed by atoms with E-state index in [0.717, 1.165) is 29.6 Å². The molecular formula is C32H58. The number of fused-ring (bicyclic) bond motifs is 4. The van der Waals surface area contributed by atoms with Crippen LogP contribution in [0.4, 0.5) is 0 Å². The van der Waals surface area contributed by atoms with Crippen LogP contribution in [0.3, 0.4) is 0 Å². The van der Waals surface area contributed by atoms with Crippen molar-refractivity contribution in [2.24, 2.45) is 40.4 Å². The molecule has 186 valence electrons. The van der Waals surface area contributed by atoms with E-state index in [1.807, 2.05) is 44.4 Å². The smallest absolute Gasteiger partial charge is 0.00954 e. The molecule has 0 heteroatoms. The van der Waals surface area contributed by atoms with Gasteiger partial charge in [-0.1, -0.05) is 111 Å². The Balaban J connectivity index is 0.000000860. The molecular weight excluding hydrogens is 384 g/mol. The SMILES string of the molecule is CC.CC.CC(C)CCCC(C)C1CCC2C3=C(CCC21C)C1(C)CCC(C)CC1=CC3. The minimum Gasteiger partial charge on any atom is -0.0804 e. The zero-order valence-corrected chi connectivity index (χ0v) is 23.7. The predicted molar refractivity (Wildman–Crippen MR) is 145 cm³/mol. The maximum absolute atomic E-state index is 2.70. The fourth-order valence-electron chi connectivity index (χ4n) is 8.13. The molecule has 0 radical (unpaired) electrons. The van der Waals surface area contributed by atoms with Crippen LogP contribution >= 0.6 is 0 Å². The highest BCUT2D eigenvalue weighted by molar-refractivity contribution is 5.43. The van der Waals surface area contributed by atoms with Gasteiger partial charge in [0.1, 0.15) is 0 Å². The quantitative estimate of drug-likeness (QED) is 0.371. The van der Waals surface area contributed by atoms with Crippen molar-refractivity contribution >= 4 is 0 Å². The molecule has 4 aliphatic carbocycles. The van der Waals surface area contributed by atoms with Crippen LogP contribution < -0.4 is 0 Å². The summed E-state index contributed by atoms with van der Waals surface area (Å²) in [4.78, 5) is 0. The lowest BCUT2D eigenvalue weighted by Gasteiger charge is -2.52. The Morgan fingerprint density at radius 2 is 1.62 bits per heavy atom. The first-order chi connectivity index (χ1) is 15.3. The summed E-state index contributed by atoms with van der Waals surface area (Å²) in [6.45, 7) is 23.1. The summed E-state index contributed by atoms with van der Waals surface area (Å²) in [5.74, 6) is 4.53. The van der Waals surface area contributed by atoms with Gasteiger partial charge in [0.05, 0.1) is 0 Å². The molecule has 4 rings (SSSR count). The van der Waals surface area contributed by atoms with Crippen LogP contribution in [0, 0.1) is 40.4 Å². The molecule has 0 nitrogen and oxygen atoms in total. The molecule has 0 aromatic rings. The molecule has 6 atom stereocenters. The summed E-state index contributed by atoms with van der Waals surface area (Å²) < 4.78 is 0. The van der Waals surface area contributed by atoms with Crippen molar-refractivity contribution < 1.29 is 0 Å². The van der Waals surface area contributed by atoms with Gasteiger partial charge < -0.3 is 0 Å². The molecule has 0 amide bonds. The van der Waals surface area contributed by atoms with Crippen LogP contribution in [0.1, 0.15) is 140 Å². The zero-order valence-electron chi connectivity index (χ0n) is 23.7. The molecule has 0 spiro atoms. The summed E-state index contributed by atoms with van der Waals surface area (Å²) in [5, 5.41) is 0. The molecule has 0 heterocycles. The Morgan fingerprint density at radius 3 is 2.28 bits per heavy atom. The molecule has 2 saturated carbocycles. The molecule has 0 aromatic heterocycles. The minimum atomic E-state index is 0.433. The second-order valence-electron chi connectivity index (χ2n) is 12.2.